The molecule has 0 radical (unpaired) electrons. The van der Waals surface area contributed by atoms with E-state index in [-0.39, 0.29) is 11.1 Å². The van der Waals surface area contributed by atoms with E-state index in [0.29, 0.717) is 5.56 Å². The van der Waals surface area contributed by atoms with Crippen molar-refractivity contribution >= 4 is 0 Å². The topological polar surface area (TPSA) is 74.5 Å². The van der Waals surface area contributed by atoms with Gasteiger partial charge in [0.1, 0.15) is 11.6 Å². The molecule has 0 atom stereocenters. The Balaban J connectivity index is 2.33. The third-order valence-corrected chi connectivity index (χ3v) is 3.26. The lowest BCUT2D eigenvalue weighted by atomic mass is 9.99. The van der Waals surface area contributed by atoms with E-state index in [0.717, 1.165) is 16.9 Å². The van der Waals surface area contributed by atoms with Crippen LogP contribution in [0.5, 0.6) is 0 Å². The van der Waals surface area contributed by atoms with Gasteiger partial charge in [0, 0.05) is 29.2 Å². The van der Waals surface area contributed by atoms with E-state index in [1.807, 2.05) is 47.2 Å². The van der Waals surface area contributed by atoms with Crippen molar-refractivity contribution < 1.29 is 0 Å². The predicted molar refractivity (Wildman–Crippen MR) is 79.1 cm³/mol. The summed E-state index contributed by atoms with van der Waals surface area (Å²) in [6, 6.07) is 11.4. The monoisotopic (exact) mass is 276 g/mol. The summed E-state index contributed by atoms with van der Waals surface area (Å²) in [6.07, 6.45) is 5.20. The van der Waals surface area contributed by atoms with Crippen molar-refractivity contribution in [2.45, 2.75) is 6.92 Å². The maximum atomic E-state index is 12.0. The largest absolute Gasteiger partial charge is 0.325 e. The maximum absolute atomic E-state index is 12.0. The average Bonchev–Trinajstić information content (AvgIpc) is 3.00. The van der Waals surface area contributed by atoms with Gasteiger partial charge >= 0.3 is 0 Å². The van der Waals surface area contributed by atoms with Crippen LogP contribution in [-0.2, 0) is 0 Å². The van der Waals surface area contributed by atoms with E-state index < -0.39 is 0 Å². The molecule has 0 aliphatic heterocycles. The van der Waals surface area contributed by atoms with Crippen LogP contribution in [0.2, 0.25) is 0 Å². The highest BCUT2D eigenvalue weighted by Crippen LogP contribution is 2.28. The van der Waals surface area contributed by atoms with Gasteiger partial charge < -0.3 is 9.55 Å². The van der Waals surface area contributed by atoms with Gasteiger partial charge in [-0.3, -0.25) is 4.79 Å². The molecule has 0 aliphatic rings. The Bertz CT molecular complexity index is 885. The van der Waals surface area contributed by atoms with Crippen molar-refractivity contribution in [3.8, 4) is 22.9 Å². The Morgan fingerprint density at radius 3 is 2.81 bits per heavy atom. The van der Waals surface area contributed by atoms with Gasteiger partial charge in [-0.15, -0.1) is 0 Å². The molecule has 0 bridgehead atoms. The Morgan fingerprint density at radius 2 is 2.10 bits per heavy atom. The van der Waals surface area contributed by atoms with Crippen molar-refractivity contribution in [1.82, 2.24) is 14.5 Å². The molecule has 102 valence electrons. The standard InChI is InChI=1S/C16H12N4O/c1-11-8-13(14(9-17)16(21)19-11)12-4-2-3-5-15(12)20-7-6-18-10-20/h2-8,10H,1H3,(H,19,21). The van der Waals surface area contributed by atoms with Crippen molar-refractivity contribution in [2.24, 2.45) is 0 Å². The molecular formula is C16H12N4O. The highest BCUT2D eigenvalue weighted by atomic mass is 16.1. The van der Waals surface area contributed by atoms with Crippen LogP contribution in [0.4, 0.5) is 0 Å². The van der Waals surface area contributed by atoms with Gasteiger partial charge in [0.25, 0.3) is 5.56 Å². The van der Waals surface area contributed by atoms with Crippen LogP contribution < -0.4 is 5.56 Å². The third-order valence-electron chi connectivity index (χ3n) is 3.26. The lowest BCUT2D eigenvalue weighted by molar-refractivity contribution is 1.06. The minimum absolute atomic E-state index is 0.119. The zero-order chi connectivity index (χ0) is 14.8. The van der Waals surface area contributed by atoms with Crippen LogP contribution in [0.15, 0.2) is 53.8 Å². The molecule has 0 amide bonds. The summed E-state index contributed by atoms with van der Waals surface area (Å²) in [7, 11) is 0. The van der Waals surface area contributed by atoms with Crippen LogP contribution in [0.3, 0.4) is 0 Å². The highest BCUT2D eigenvalue weighted by molar-refractivity contribution is 5.77. The van der Waals surface area contributed by atoms with Gasteiger partial charge in [-0.05, 0) is 19.1 Å². The summed E-state index contributed by atoms with van der Waals surface area (Å²) in [5, 5.41) is 9.28. The zero-order valence-electron chi connectivity index (χ0n) is 11.4. The van der Waals surface area contributed by atoms with E-state index in [2.05, 4.69) is 9.97 Å². The molecule has 2 heterocycles. The fourth-order valence-corrected chi connectivity index (χ4v) is 2.34. The number of rotatable bonds is 2. The van der Waals surface area contributed by atoms with Crippen LogP contribution >= 0.6 is 0 Å². The highest BCUT2D eigenvalue weighted by Gasteiger charge is 2.14. The number of benzene rings is 1. The smallest absolute Gasteiger partial charge is 0.266 e. The van der Waals surface area contributed by atoms with E-state index >= 15 is 0 Å². The summed E-state index contributed by atoms with van der Waals surface area (Å²) in [4.78, 5) is 18.7. The first-order valence-corrected chi connectivity index (χ1v) is 6.42. The van der Waals surface area contributed by atoms with E-state index in [1.54, 1.807) is 19.4 Å². The van der Waals surface area contributed by atoms with Crippen molar-refractivity contribution in [3.05, 3.63) is 70.7 Å². The number of pyridine rings is 1. The number of aromatic nitrogens is 3. The predicted octanol–water partition coefficient (Wildman–Crippen LogP) is 2.41. The van der Waals surface area contributed by atoms with Crippen molar-refractivity contribution in [2.75, 3.05) is 0 Å². The zero-order valence-corrected chi connectivity index (χ0v) is 11.4. The second kappa shape index (κ2) is 5.10. The van der Waals surface area contributed by atoms with Crippen LogP contribution in [0.1, 0.15) is 11.3 Å². The summed E-state index contributed by atoms with van der Waals surface area (Å²) in [5.74, 6) is 0. The Hall–Kier alpha value is -3.13. The Morgan fingerprint density at radius 1 is 1.29 bits per heavy atom. The van der Waals surface area contributed by atoms with Gasteiger partial charge in [-0.25, -0.2) is 4.98 Å². The lowest BCUT2D eigenvalue weighted by Gasteiger charge is -2.11. The molecule has 0 fully saturated rings. The minimum atomic E-state index is -0.368. The van der Waals surface area contributed by atoms with Crippen LogP contribution in [0.25, 0.3) is 16.8 Å². The fraction of sp³-hybridized carbons (Fsp3) is 0.0625. The number of aryl methyl sites for hydroxylation is 1. The van der Waals surface area contributed by atoms with Gasteiger partial charge in [0.05, 0.1) is 12.0 Å². The first-order valence-electron chi connectivity index (χ1n) is 6.42. The lowest BCUT2D eigenvalue weighted by Crippen LogP contribution is -2.13. The summed E-state index contributed by atoms with van der Waals surface area (Å²) >= 11 is 0. The number of nitrogens with one attached hydrogen (secondary N) is 1. The van der Waals surface area contributed by atoms with Crippen molar-refractivity contribution in [3.63, 3.8) is 0 Å². The molecule has 0 saturated carbocycles. The molecule has 1 aromatic carbocycles. The third kappa shape index (κ3) is 2.23. The van der Waals surface area contributed by atoms with Gasteiger partial charge in [0.2, 0.25) is 0 Å². The second-order valence-electron chi connectivity index (χ2n) is 4.67. The molecular weight excluding hydrogens is 264 g/mol. The Labute approximate surface area is 121 Å². The molecule has 3 rings (SSSR count). The molecule has 5 nitrogen and oxygen atoms in total. The molecule has 5 heteroatoms. The molecule has 0 spiro atoms. The summed E-state index contributed by atoms with van der Waals surface area (Å²) in [6.45, 7) is 1.80. The molecule has 21 heavy (non-hydrogen) atoms. The SMILES string of the molecule is Cc1cc(-c2ccccc2-n2ccnc2)c(C#N)c(=O)[nH]1. The van der Waals surface area contributed by atoms with Crippen LogP contribution in [0, 0.1) is 18.3 Å². The molecule has 3 aromatic rings. The van der Waals surface area contributed by atoms with E-state index in [9.17, 15) is 10.1 Å². The van der Waals surface area contributed by atoms with Crippen LogP contribution in [-0.4, -0.2) is 14.5 Å². The number of H-pyrrole nitrogens is 1. The molecule has 0 aliphatic carbocycles. The average molecular weight is 276 g/mol. The second-order valence-corrected chi connectivity index (χ2v) is 4.67. The first-order chi connectivity index (χ1) is 10.2. The number of imidazole rings is 1. The number of para-hydroxylation sites is 1. The minimum Gasteiger partial charge on any atom is -0.325 e. The number of hydrogen-bond donors (Lipinski definition) is 1. The van der Waals surface area contributed by atoms with Gasteiger partial charge in [-0.1, -0.05) is 18.2 Å². The number of nitriles is 1. The fourth-order valence-electron chi connectivity index (χ4n) is 2.34. The van der Waals surface area contributed by atoms with E-state index in [4.69, 9.17) is 0 Å². The van der Waals surface area contributed by atoms with Gasteiger partial charge in [-0.2, -0.15) is 5.26 Å². The first kappa shape index (κ1) is 12.9. The summed E-state index contributed by atoms with van der Waals surface area (Å²) in [5.41, 5.74) is 2.79. The normalized spacial score (nSPS) is 10.3. The molecule has 2 aromatic heterocycles. The Kier molecular flexibility index (Phi) is 3.13. The number of nitrogens with zero attached hydrogens (tertiary/aromatic N) is 3. The maximum Gasteiger partial charge on any atom is 0.266 e. The molecule has 0 saturated heterocycles. The number of hydrogen-bond acceptors (Lipinski definition) is 3. The van der Waals surface area contributed by atoms with Gasteiger partial charge in [0.15, 0.2) is 0 Å². The molecule has 0 unspecified atom stereocenters. The summed E-state index contributed by atoms with van der Waals surface area (Å²) < 4.78 is 1.85. The van der Waals surface area contributed by atoms with E-state index in [1.165, 1.54) is 0 Å². The van der Waals surface area contributed by atoms with Crippen molar-refractivity contribution in [1.29, 1.82) is 5.26 Å². The quantitative estimate of drug-likeness (QED) is 0.781. The molecule has 1 N–H and O–H groups in total. The number of aromatic amines is 1.